The highest BCUT2D eigenvalue weighted by molar-refractivity contribution is 7.91. The molecule has 15 heavy (non-hydrogen) atoms. The normalized spacial score (nSPS) is 22.1. The van der Waals surface area contributed by atoms with Crippen LogP contribution < -0.4 is 0 Å². The number of hydrogen-bond donors (Lipinski definition) is 0. The monoisotopic (exact) mass is 224 g/mol. The Morgan fingerprint density at radius 1 is 1.27 bits per heavy atom. The summed E-state index contributed by atoms with van der Waals surface area (Å²) < 4.78 is 23.8. The largest absolute Gasteiger partial charge is 0.224 e. The maximum absolute atomic E-state index is 11.9. The van der Waals surface area contributed by atoms with Crippen LogP contribution in [0.2, 0.25) is 0 Å². The van der Waals surface area contributed by atoms with Gasteiger partial charge in [0, 0.05) is 0 Å². The quantitative estimate of drug-likeness (QED) is 0.678. The lowest BCUT2D eigenvalue weighted by Gasteiger charge is -2.32. The highest BCUT2D eigenvalue weighted by Crippen LogP contribution is 2.38. The summed E-state index contributed by atoms with van der Waals surface area (Å²) in [6.45, 7) is 6.14. The molecule has 1 aromatic carbocycles. The van der Waals surface area contributed by atoms with E-state index in [1.807, 2.05) is 19.1 Å². The van der Waals surface area contributed by atoms with Crippen LogP contribution in [0.15, 0.2) is 23.1 Å². The maximum Gasteiger partial charge on any atom is 0.178 e. The van der Waals surface area contributed by atoms with Crippen molar-refractivity contribution in [2.75, 3.05) is 5.75 Å². The van der Waals surface area contributed by atoms with Crippen molar-refractivity contribution >= 4 is 9.84 Å². The van der Waals surface area contributed by atoms with Crippen LogP contribution in [0.4, 0.5) is 0 Å². The van der Waals surface area contributed by atoms with E-state index < -0.39 is 9.84 Å². The van der Waals surface area contributed by atoms with Crippen LogP contribution in [0.1, 0.15) is 31.4 Å². The Morgan fingerprint density at radius 2 is 1.93 bits per heavy atom. The first kappa shape index (κ1) is 10.7. The SMILES string of the molecule is Cc1ccc2c(c1)S(=O)(=O)CCC2(C)C. The Bertz CT molecular complexity index is 498. The summed E-state index contributed by atoms with van der Waals surface area (Å²) in [4.78, 5) is 0.541. The molecule has 0 radical (unpaired) electrons. The predicted octanol–water partition coefficient (Wildman–Crippen LogP) is 2.45. The number of rotatable bonds is 0. The molecule has 0 unspecified atom stereocenters. The van der Waals surface area contributed by atoms with Crippen molar-refractivity contribution in [1.29, 1.82) is 0 Å². The van der Waals surface area contributed by atoms with E-state index in [1.165, 1.54) is 0 Å². The molecule has 1 aliphatic heterocycles. The third-order valence-electron chi connectivity index (χ3n) is 3.20. The summed E-state index contributed by atoms with van der Waals surface area (Å²) in [6.07, 6.45) is 0.714. The Morgan fingerprint density at radius 3 is 2.60 bits per heavy atom. The van der Waals surface area contributed by atoms with Crippen molar-refractivity contribution in [1.82, 2.24) is 0 Å². The molecule has 0 bridgehead atoms. The first-order valence-electron chi connectivity index (χ1n) is 5.17. The van der Waals surface area contributed by atoms with Crippen LogP contribution >= 0.6 is 0 Å². The van der Waals surface area contributed by atoms with Gasteiger partial charge >= 0.3 is 0 Å². The second kappa shape index (κ2) is 3.08. The minimum absolute atomic E-state index is 0.0195. The van der Waals surface area contributed by atoms with Gasteiger partial charge in [-0.05, 0) is 36.0 Å². The lowest BCUT2D eigenvalue weighted by atomic mass is 9.81. The van der Waals surface area contributed by atoms with E-state index in [0.717, 1.165) is 11.1 Å². The Hall–Kier alpha value is -0.830. The highest BCUT2D eigenvalue weighted by atomic mass is 32.2. The van der Waals surface area contributed by atoms with Gasteiger partial charge in [0.05, 0.1) is 10.6 Å². The zero-order valence-corrected chi connectivity index (χ0v) is 10.2. The van der Waals surface area contributed by atoms with Crippen molar-refractivity contribution in [2.24, 2.45) is 0 Å². The molecule has 1 heterocycles. The molecule has 1 aromatic rings. The molecule has 3 heteroatoms. The van der Waals surface area contributed by atoms with Crippen LogP contribution in [0.3, 0.4) is 0 Å². The van der Waals surface area contributed by atoms with Crippen LogP contribution in [0.25, 0.3) is 0 Å². The highest BCUT2D eigenvalue weighted by Gasteiger charge is 2.35. The fourth-order valence-electron chi connectivity index (χ4n) is 2.08. The topological polar surface area (TPSA) is 34.1 Å². The standard InChI is InChI=1S/C12H16O2S/c1-9-4-5-10-11(8-9)15(13,14)7-6-12(10,2)3/h4-5,8H,6-7H2,1-3H3. The molecule has 2 nitrogen and oxygen atoms in total. The zero-order valence-electron chi connectivity index (χ0n) is 9.37. The molecular weight excluding hydrogens is 208 g/mol. The number of aryl methyl sites for hydroxylation is 1. The van der Waals surface area contributed by atoms with Gasteiger partial charge in [-0.15, -0.1) is 0 Å². The minimum atomic E-state index is -3.04. The first-order chi connectivity index (χ1) is 6.83. The maximum atomic E-state index is 11.9. The van der Waals surface area contributed by atoms with Crippen molar-refractivity contribution in [2.45, 2.75) is 37.5 Å². The first-order valence-corrected chi connectivity index (χ1v) is 6.82. The molecule has 0 N–H and O–H groups in total. The van der Waals surface area contributed by atoms with Gasteiger partial charge in [-0.1, -0.05) is 26.0 Å². The number of fused-ring (bicyclic) bond motifs is 1. The third kappa shape index (κ3) is 1.69. The van der Waals surface area contributed by atoms with Gasteiger partial charge in [-0.2, -0.15) is 0 Å². The molecular formula is C12H16O2S. The van der Waals surface area contributed by atoms with E-state index in [1.54, 1.807) is 6.07 Å². The molecule has 0 fully saturated rings. The van der Waals surface area contributed by atoms with Crippen molar-refractivity contribution in [3.63, 3.8) is 0 Å². The smallest absolute Gasteiger partial charge is 0.178 e. The summed E-state index contributed by atoms with van der Waals surface area (Å²) in [5.41, 5.74) is 1.96. The molecule has 2 rings (SSSR count). The summed E-state index contributed by atoms with van der Waals surface area (Å²) in [6, 6.07) is 5.74. The number of benzene rings is 1. The zero-order chi connectivity index (χ0) is 11.3. The fourth-order valence-corrected chi connectivity index (χ4v) is 4.12. The average Bonchev–Trinajstić information content (AvgIpc) is 2.13. The minimum Gasteiger partial charge on any atom is -0.224 e. The van der Waals surface area contributed by atoms with Crippen LogP contribution in [0, 0.1) is 6.92 Å². The van der Waals surface area contributed by atoms with Crippen LogP contribution in [-0.2, 0) is 15.3 Å². The van der Waals surface area contributed by atoms with Crippen molar-refractivity contribution in [3.05, 3.63) is 29.3 Å². The summed E-state index contributed by atoms with van der Waals surface area (Å²) in [5, 5.41) is 0. The van der Waals surface area contributed by atoms with E-state index in [9.17, 15) is 8.42 Å². The second-order valence-corrected chi connectivity index (χ2v) is 7.03. The molecule has 0 saturated carbocycles. The Kier molecular flexibility index (Phi) is 2.19. The molecule has 1 aliphatic rings. The van der Waals surface area contributed by atoms with E-state index in [-0.39, 0.29) is 11.2 Å². The van der Waals surface area contributed by atoms with Crippen LogP contribution in [0.5, 0.6) is 0 Å². The van der Waals surface area contributed by atoms with Gasteiger partial charge < -0.3 is 0 Å². The lowest BCUT2D eigenvalue weighted by molar-refractivity contribution is 0.473. The second-order valence-electron chi connectivity index (χ2n) is 4.95. The van der Waals surface area contributed by atoms with Gasteiger partial charge in [0.2, 0.25) is 0 Å². The molecule has 0 spiro atoms. The molecule has 0 aromatic heterocycles. The van der Waals surface area contributed by atoms with Gasteiger partial charge in [-0.3, -0.25) is 0 Å². The lowest BCUT2D eigenvalue weighted by Crippen LogP contribution is -2.30. The summed E-state index contributed by atoms with van der Waals surface area (Å²) >= 11 is 0. The number of sulfone groups is 1. The molecule has 0 saturated heterocycles. The summed E-state index contributed by atoms with van der Waals surface area (Å²) in [7, 11) is -3.04. The van der Waals surface area contributed by atoms with Gasteiger partial charge in [-0.25, -0.2) is 8.42 Å². The van der Waals surface area contributed by atoms with Gasteiger partial charge in [0.1, 0.15) is 0 Å². The molecule has 82 valence electrons. The molecule has 0 aliphatic carbocycles. The van der Waals surface area contributed by atoms with E-state index in [4.69, 9.17) is 0 Å². The van der Waals surface area contributed by atoms with Crippen LogP contribution in [-0.4, -0.2) is 14.2 Å². The molecule has 0 amide bonds. The Labute approximate surface area is 91.2 Å². The van der Waals surface area contributed by atoms with Crippen molar-refractivity contribution < 1.29 is 8.42 Å². The Balaban J connectivity index is 2.76. The molecule has 0 atom stereocenters. The fraction of sp³-hybridized carbons (Fsp3) is 0.500. The average molecular weight is 224 g/mol. The van der Waals surface area contributed by atoms with E-state index in [2.05, 4.69) is 13.8 Å². The van der Waals surface area contributed by atoms with E-state index in [0.29, 0.717) is 11.3 Å². The van der Waals surface area contributed by atoms with Gasteiger partial charge in [0.25, 0.3) is 0 Å². The number of hydrogen-bond acceptors (Lipinski definition) is 2. The van der Waals surface area contributed by atoms with E-state index >= 15 is 0 Å². The summed E-state index contributed by atoms with van der Waals surface area (Å²) in [5.74, 6) is 0.274. The van der Waals surface area contributed by atoms with Gasteiger partial charge in [0.15, 0.2) is 9.84 Å². The van der Waals surface area contributed by atoms with Crippen molar-refractivity contribution in [3.8, 4) is 0 Å². The third-order valence-corrected chi connectivity index (χ3v) is 4.95. The predicted molar refractivity (Wildman–Crippen MR) is 60.9 cm³/mol.